The standard InChI is InChI=1S/C17H12BrN3O2/c1-2-16(22)23-13-6-7-15-14(9-13)17(20-10-19-15)21-12-5-3-4-11(18)8-12/h2-10H,1H2,(H,19,20,21). The topological polar surface area (TPSA) is 64.1 Å². The van der Waals surface area contributed by atoms with Crippen molar-refractivity contribution in [3.8, 4) is 5.75 Å². The third kappa shape index (κ3) is 3.54. The van der Waals surface area contributed by atoms with E-state index in [1.54, 1.807) is 18.2 Å². The molecule has 1 heterocycles. The van der Waals surface area contributed by atoms with Crippen molar-refractivity contribution < 1.29 is 9.53 Å². The number of carbonyl (C=O) groups is 1. The number of aromatic nitrogens is 2. The fourth-order valence-electron chi connectivity index (χ4n) is 2.06. The number of carbonyl (C=O) groups excluding carboxylic acids is 1. The van der Waals surface area contributed by atoms with Crippen LogP contribution < -0.4 is 10.1 Å². The highest BCUT2D eigenvalue weighted by Crippen LogP contribution is 2.27. The van der Waals surface area contributed by atoms with Crippen LogP contribution in [0, 0.1) is 0 Å². The van der Waals surface area contributed by atoms with Crippen molar-refractivity contribution in [2.24, 2.45) is 0 Å². The van der Waals surface area contributed by atoms with E-state index >= 15 is 0 Å². The minimum atomic E-state index is -0.511. The lowest BCUT2D eigenvalue weighted by molar-refractivity contribution is -0.128. The van der Waals surface area contributed by atoms with Gasteiger partial charge in [-0.2, -0.15) is 0 Å². The van der Waals surface area contributed by atoms with E-state index in [0.717, 1.165) is 27.1 Å². The van der Waals surface area contributed by atoms with Crippen LogP contribution in [0.5, 0.6) is 5.75 Å². The van der Waals surface area contributed by atoms with Gasteiger partial charge in [-0.3, -0.25) is 0 Å². The molecule has 0 aliphatic carbocycles. The molecule has 0 aliphatic heterocycles. The Morgan fingerprint density at radius 1 is 1.22 bits per heavy atom. The first-order chi connectivity index (χ1) is 11.2. The second-order valence-electron chi connectivity index (χ2n) is 4.66. The largest absolute Gasteiger partial charge is 0.423 e. The average molecular weight is 370 g/mol. The highest BCUT2D eigenvalue weighted by Gasteiger charge is 2.08. The number of hydrogen-bond donors (Lipinski definition) is 1. The first-order valence-corrected chi connectivity index (χ1v) is 7.56. The van der Waals surface area contributed by atoms with Crippen LogP contribution in [0.15, 0.2) is 65.9 Å². The summed E-state index contributed by atoms with van der Waals surface area (Å²) >= 11 is 3.43. The minimum absolute atomic E-state index is 0.412. The van der Waals surface area contributed by atoms with Crippen molar-refractivity contribution in [1.82, 2.24) is 9.97 Å². The summed E-state index contributed by atoms with van der Waals surface area (Å²) in [4.78, 5) is 19.8. The van der Waals surface area contributed by atoms with E-state index in [0.29, 0.717) is 11.6 Å². The van der Waals surface area contributed by atoms with Crippen LogP contribution in [-0.4, -0.2) is 15.9 Å². The molecule has 0 spiro atoms. The summed E-state index contributed by atoms with van der Waals surface area (Å²) in [6, 6.07) is 12.9. The van der Waals surface area contributed by atoms with Crippen molar-refractivity contribution >= 4 is 44.3 Å². The number of anilines is 2. The van der Waals surface area contributed by atoms with Gasteiger partial charge in [0.1, 0.15) is 17.9 Å². The Bertz CT molecular complexity index is 896. The molecule has 2 aromatic carbocycles. The van der Waals surface area contributed by atoms with E-state index < -0.39 is 5.97 Å². The molecule has 114 valence electrons. The smallest absolute Gasteiger partial charge is 0.335 e. The van der Waals surface area contributed by atoms with Gasteiger partial charge in [-0.1, -0.05) is 28.6 Å². The second-order valence-corrected chi connectivity index (χ2v) is 5.58. The molecule has 5 nitrogen and oxygen atoms in total. The lowest BCUT2D eigenvalue weighted by Crippen LogP contribution is -2.03. The zero-order chi connectivity index (χ0) is 16.2. The minimum Gasteiger partial charge on any atom is -0.423 e. The number of fused-ring (bicyclic) bond motifs is 1. The predicted octanol–water partition coefficient (Wildman–Crippen LogP) is 4.23. The monoisotopic (exact) mass is 369 g/mol. The number of halogens is 1. The van der Waals surface area contributed by atoms with Crippen molar-refractivity contribution in [2.75, 3.05) is 5.32 Å². The van der Waals surface area contributed by atoms with Gasteiger partial charge in [0.2, 0.25) is 0 Å². The maximum atomic E-state index is 11.3. The van der Waals surface area contributed by atoms with Crippen LogP contribution >= 0.6 is 15.9 Å². The van der Waals surface area contributed by atoms with Gasteiger partial charge in [0.15, 0.2) is 0 Å². The Morgan fingerprint density at radius 2 is 2.09 bits per heavy atom. The first kappa shape index (κ1) is 15.2. The molecule has 0 saturated carbocycles. The maximum absolute atomic E-state index is 11.3. The summed E-state index contributed by atoms with van der Waals surface area (Å²) in [5.74, 6) is 0.529. The molecule has 23 heavy (non-hydrogen) atoms. The second kappa shape index (κ2) is 6.58. The van der Waals surface area contributed by atoms with Crippen LogP contribution in [0.2, 0.25) is 0 Å². The van der Waals surface area contributed by atoms with Crippen molar-refractivity contribution in [2.45, 2.75) is 0 Å². The van der Waals surface area contributed by atoms with E-state index in [1.165, 1.54) is 6.33 Å². The van der Waals surface area contributed by atoms with Gasteiger partial charge in [-0.25, -0.2) is 14.8 Å². The molecule has 0 atom stereocenters. The van der Waals surface area contributed by atoms with E-state index in [2.05, 4.69) is 37.8 Å². The van der Waals surface area contributed by atoms with Crippen LogP contribution in [0.1, 0.15) is 0 Å². The third-order valence-electron chi connectivity index (χ3n) is 3.08. The van der Waals surface area contributed by atoms with Crippen LogP contribution in [0.25, 0.3) is 10.9 Å². The number of nitrogens with one attached hydrogen (secondary N) is 1. The van der Waals surface area contributed by atoms with E-state index in [1.807, 2.05) is 24.3 Å². The molecule has 0 fully saturated rings. The molecule has 1 aromatic heterocycles. The number of nitrogens with zero attached hydrogens (tertiary/aromatic N) is 2. The SMILES string of the molecule is C=CC(=O)Oc1ccc2ncnc(Nc3cccc(Br)c3)c2c1. The molecule has 0 bridgehead atoms. The van der Waals surface area contributed by atoms with Gasteiger partial charge in [-0.15, -0.1) is 0 Å². The Hall–Kier alpha value is -2.73. The summed E-state index contributed by atoms with van der Waals surface area (Å²) < 4.78 is 6.11. The van der Waals surface area contributed by atoms with Crippen LogP contribution in [-0.2, 0) is 4.79 Å². The molecule has 0 radical (unpaired) electrons. The van der Waals surface area contributed by atoms with E-state index in [-0.39, 0.29) is 0 Å². The zero-order valence-corrected chi connectivity index (χ0v) is 13.6. The molecular weight excluding hydrogens is 358 g/mol. The summed E-state index contributed by atoms with van der Waals surface area (Å²) in [5, 5.41) is 3.99. The van der Waals surface area contributed by atoms with Gasteiger partial charge in [-0.05, 0) is 36.4 Å². The highest BCUT2D eigenvalue weighted by molar-refractivity contribution is 9.10. The van der Waals surface area contributed by atoms with Gasteiger partial charge in [0.05, 0.1) is 5.52 Å². The van der Waals surface area contributed by atoms with Crippen molar-refractivity contribution in [3.05, 3.63) is 65.9 Å². The van der Waals surface area contributed by atoms with E-state index in [9.17, 15) is 4.79 Å². The van der Waals surface area contributed by atoms with Gasteiger partial charge >= 0.3 is 5.97 Å². The number of rotatable bonds is 4. The van der Waals surface area contributed by atoms with Gasteiger partial charge in [0.25, 0.3) is 0 Å². The fourth-order valence-corrected chi connectivity index (χ4v) is 2.46. The lowest BCUT2D eigenvalue weighted by Gasteiger charge is -2.09. The number of ether oxygens (including phenoxy) is 1. The molecule has 3 rings (SSSR count). The molecule has 3 aromatic rings. The predicted molar refractivity (Wildman–Crippen MR) is 92.8 cm³/mol. The summed E-state index contributed by atoms with van der Waals surface area (Å²) in [6.45, 7) is 3.38. The van der Waals surface area contributed by atoms with Crippen LogP contribution in [0.4, 0.5) is 11.5 Å². The lowest BCUT2D eigenvalue weighted by atomic mass is 10.2. The highest BCUT2D eigenvalue weighted by atomic mass is 79.9. The maximum Gasteiger partial charge on any atom is 0.335 e. The Labute approximate surface area is 141 Å². The zero-order valence-electron chi connectivity index (χ0n) is 12.0. The summed E-state index contributed by atoms with van der Waals surface area (Å²) in [5.41, 5.74) is 1.63. The Kier molecular flexibility index (Phi) is 4.34. The third-order valence-corrected chi connectivity index (χ3v) is 3.57. The van der Waals surface area contributed by atoms with Crippen molar-refractivity contribution in [1.29, 1.82) is 0 Å². The number of esters is 1. The molecule has 0 unspecified atom stereocenters. The summed E-state index contributed by atoms with van der Waals surface area (Å²) in [7, 11) is 0. The van der Waals surface area contributed by atoms with Gasteiger partial charge in [0, 0.05) is 21.6 Å². The molecular formula is C17H12BrN3O2. The van der Waals surface area contributed by atoms with E-state index in [4.69, 9.17) is 4.74 Å². The Balaban J connectivity index is 2.00. The molecule has 0 saturated heterocycles. The number of hydrogen-bond acceptors (Lipinski definition) is 5. The average Bonchev–Trinajstić information content (AvgIpc) is 2.55. The number of benzene rings is 2. The molecule has 0 amide bonds. The van der Waals surface area contributed by atoms with Crippen molar-refractivity contribution in [3.63, 3.8) is 0 Å². The van der Waals surface area contributed by atoms with Gasteiger partial charge < -0.3 is 10.1 Å². The summed E-state index contributed by atoms with van der Waals surface area (Å²) in [6.07, 6.45) is 2.60. The first-order valence-electron chi connectivity index (χ1n) is 6.77. The molecule has 1 N–H and O–H groups in total. The van der Waals surface area contributed by atoms with Crippen LogP contribution in [0.3, 0.4) is 0 Å². The fraction of sp³-hybridized carbons (Fsp3) is 0. The quantitative estimate of drug-likeness (QED) is 0.423. The molecule has 0 aliphatic rings. The molecule has 6 heteroatoms. The normalized spacial score (nSPS) is 10.3. The Morgan fingerprint density at radius 3 is 2.87 bits per heavy atom.